The molecule has 0 saturated heterocycles. The molecular weight excluding hydrogens is 204 g/mol. The second-order valence-electron chi connectivity index (χ2n) is 4.02. The quantitative estimate of drug-likeness (QED) is 0.665. The first-order valence-corrected chi connectivity index (χ1v) is 5.08. The van der Waals surface area contributed by atoms with Gasteiger partial charge in [0.25, 0.3) is 5.91 Å². The normalized spacial score (nSPS) is 15.1. The van der Waals surface area contributed by atoms with Crippen LogP contribution in [-0.4, -0.2) is 16.4 Å². The highest BCUT2D eigenvalue weighted by Gasteiger charge is 2.22. The molecule has 0 saturated carbocycles. The van der Waals surface area contributed by atoms with E-state index in [1.165, 1.54) is 0 Å². The number of aryl methyl sites for hydroxylation is 1. The Labute approximate surface area is 91.9 Å². The minimum Gasteiger partial charge on any atom is -0.350 e. The lowest BCUT2D eigenvalue weighted by Gasteiger charge is -2.01. The predicted octanol–water partition coefficient (Wildman–Crippen LogP) is 0.991. The van der Waals surface area contributed by atoms with E-state index in [9.17, 15) is 9.59 Å². The molecule has 0 atom stereocenters. The number of nitrogens with zero attached hydrogens (tertiary/aromatic N) is 1. The summed E-state index contributed by atoms with van der Waals surface area (Å²) in [5.41, 5.74) is 2.48. The zero-order valence-electron chi connectivity index (χ0n) is 8.78. The molecule has 1 N–H and O–H groups in total. The zero-order valence-corrected chi connectivity index (χ0v) is 8.78. The summed E-state index contributed by atoms with van der Waals surface area (Å²) in [5.74, 6) is -0.547. The Kier molecular flexibility index (Phi) is 1.68. The summed E-state index contributed by atoms with van der Waals surface area (Å²) in [4.78, 5) is 23.2. The van der Waals surface area contributed by atoms with E-state index in [4.69, 9.17) is 0 Å². The van der Waals surface area contributed by atoms with Crippen molar-refractivity contribution in [1.29, 1.82) is 0 Å². The third kappa shape index (κ3) is 1.10. The van der Waals surface area contributed by atoms with E-state index in [0.717, 1.165) is 16.5 Å². The molecule has 1 aromatic carbocycles. The second kappa shape index (κ2) is 2.95. The number of amides is 2. The summed E-state index contributed by atoms with van der Waals surface area (Å²) in [6.45, 7) is 0. The van der Waals surface area contributed by atoms with E-state index in [2.05, 4.69) is 5.32 Å². The van der Waals surface area contributed by atoms with E-state index >= 15 is 0 Å². The molecule has 0 spiro atoms. The Morgan fingerprint density at radius 2 is 2.12 bits per heavy atom. The minimum atomic E-state index is -0.305. The highest BCUT2D eigenvalue weighted by atomic mass is 16.2. The summed E-state index contributed by atoms with van der Waals surface area (Å²) in [6.07, 6.45) is 2.17. The van der Waals surface area contributed by atoms with E-state index in [0.29, 0.717) is 5.56 Å². The van der Waals surface area contributed by atoms with Crippen LogP contribution in [0.15, 0.2) is 24.4 Å². The van der Waals surface area contributed by atoms with Crippen LogP contribution in [0.5, 0.6) is 0 Å². The van der Waals surface area contributed by atoms with Gasteiger partial charge in [0.2, 0.25) is 5.91 Å². The zero-order chi connectivity index (χ0) is 11.3. The van der Waals surface area contributed by atoms with Crippen LogP contribution in [0.2, 0.25) is 0 Å². The minimum absolute atomic E-state index is 0.242. The predicted molar refractivity (Wildman–Crippen MR) is 59.1 cm³/mol. The summed E-state index contributed by atoms with van der Waals surface area (Å²) >= 11 is 0. The van der Waals surface area contributed by atoms with E-state index in [1.807, 2.05) is 29.9 Å². The molecule has 3 rings (SSSR count). The third-order valence-corrected chi connectivity index (χ3v) is 2.94. The molecule has 2 aromatic rings. The highest BCUT2D eigenvalue weighted by molar-refractivity contribution is 6.15. The Bertz CT molecular complexity index is 625. The smallest absolute Gasteiger partial charge is 0.258 e. The van der Waals surface area contributed by atoms with Crippen LogP contribution >= 0.6 is 0 Å². The van der Waals surface area contributed by atoms with Gasteiger partial charge in [-0.3, -0.25) is 14.9 Å². The second-order valence-corrected chi connectivity index (χ2v) is 4.02. The molecule has 2 amide bonds. The van der Waals surface area contributed by atoms with E-state index < -0.39 is 0 Å². The van der Waals surface area contributed by atoms with Gasteiger partial charge in [-0.05, 0) is 17.7 Å². The molecule has 0 radical (unpaired) electrons. The molecule has 1 aliphatic heterocycles. The number of carbonyl (C=O) groups is 2. The number of aromatic nitrogens is 1. The summed E-state index contributed by atoms with van der Waals surface area (Å²) < 4.78 is 1.94. The van der Waals surface area contributed by atoms with Gasteiger partial charge in [0.1, 0.15) is 0 Å². The van der Waals surface area contributed by atoms with E-state index in [1.54, 1.807) is 6.07 Å². The molecule has 4 nitrogen and oxygen atoms in total. The van der Waals surface area contributed by atoms with Gasteiger partial charge < -0.3 is 4.57 Å². The lowest BCUT2D eigenvalue weighted by molar-refractivity contribution is -0.119. The number of rotatable bonds is 0. The maximum Gasteiger partial charge on any atom is 0.258 e. The van der Waals surface area contributed by atoms with Gasteiger partial charge >= 0.3 is 0 Å². The first-order chi connectivity index (χ1) is 7.66. The molecule has 2 heterocycles. The molecule has 16 heavy (non-hydrogen) atoms. The standard InChI is InChI=1S/C12H10N2O2/c1-14-6-7-5-10(15)13-12(16)8-3-2-4-9(14)11(7)8/h2-4,6H,5H2,1H3,(H,13,15,16). The van der Waals surface area contributed by atoms with Crippen LogP contribution in [0.25, 0.3) is 10.9 Å². The van der Waals surface area contributed by atoms with Crippen LogP contribution in [0.1, 0.15) is 15.9 Å². The molecule has 4 heteroatoms. The fourth-order valence-electron chi connectivity index (χ4n) is 2.27. The molecular formula is C12H10N2O2. The average Bonchev–Trinajstić information content (AvgIpc) is 2.49. The first kappa shape index (κ1) is 9.15. The summed E-state index contributed by atoms with van der Waals surface area (Å²) in [6, 6.07) is 5.53. The Morgan fingerprint density at radius 1 is 1.31 bits per heavy atom. The number of hydrogen-bond donors (Lipinski definition) is 1. The highest BCUT2D eigenvalue weighted by Crippen LogP contribution is 2.26. The maximum absolute atomic E-state index is 11.8. The van der Waals surface area contributed by atoms with Crippen LogP contribution < -0.4 is 5.32 Å². The summed E-state index contributed by atoms with van der Waals surface area (Å²) in [5, 5.41) is 3.26. The molecule has 0 fully saturated rings. The van der Waals surface area contributed by atoms with Gasteiger partial charge in [0.15, 0.2) is 0 Å². The Balaban J connectivity index is 2.45. The molecule has 1 aromatic heterocycles. The van der Waals surface area contributed by atoms with Gasteiger partial charge in [-0.25, -0.2) is 0 Å². The van der Waals surface area contributed by atoms with Gasteiger partial charge in [-0.2, -0.15) is 0 Å². The Morgan fingerprint density at radius 3 is 2.94 bits per heavy atom. The number of hydrogen-bond acceptors (Lipinski definition) is 2. The number of benzene rings is 1. The van der Waals surface area contributed by atoms with Crippen molar-refractivity contribution in [3.8, 4) is 0 Å². The number of carbonyl (C=O) groups excluding carboxylic acids is 2. The fraction of sp³-hybridized carbons (Fsp3) is 0.167. The van der Waals surface area contributed by atoms with Crippen molar-refractivity contribution in [3.63, 3.8) is 0 Å². The van der Waals surface area contributed by atoms with Gasteiger partial charge in [0.05, 0.1) is 6.42 Å². The van der Waals surface area contributed by atoms with Crippen molar-refractivity contribution < 1.29 is 9.59 Å². The summed E-state index contributed by atoms with van der Waals surface area (Å²) in [7, 11) is 1.92. The van der Waals surface area contributed by atoms with Gasteiger partial charge in [-0.15, -0.1) is 0 Å². The van der Waals surface area contributed by atoms with Crippen LogP contribution in [0.4, 0.5) is 0 Å². The number of nitrogens with one attached hydrogen (secondary N) is 1. The Hall–Kier alpha value is -2.10. The van der Waals surface area contributed by atoms with Crippen LogP contribution in [0, 0.1) is 0 Å². The maximum atomic E-state index is 11.8. The SMILES string of the molecule is Cn1cc2c3c(cccc31)C(=O)NC(=O)C2. The monoisotopic (exact) mass is 214 g/mol. The van der Waals surface area contributed by atoms with Crippen molar-refractivity contribution in [2.24, 2.45) is 7.05 Å². The van der Waals surface area contributed by atoms with Crippen molar-refractivity contribution in [1.82, 2.24) is 9.88 Å². The molecule has 0 aliphatic carbocycles. The largest absolute Gasteiger partial charge is 0.350 e. The fourth-order valence-corrected chi connectivity index (χ4v) is 2.27. The molecule has 80 valence electrons. The van der Waals surface area contributed by atoms with Crippen LogP contribution in [0.3, 0.4) is 0 Å². The first-order valence-electron chi connectivity index (χ1n) is 5.08. The third-order valence-electron chi connectivity index (χ3n) is 2.94. The van der Waals surface area contributed by atoms with Crippen molar-refractivity contribution in [2.75, 3.05) is 0 Å². The lowest BCUT2D eigenvalue weighted by atomic mass is 10.1. The van der Waals surface area contributed by atoms with Crippen LogP contribution in [-0.2, 0) is 18.3 Å². The lowest BCUT2D eigenvalue weighted by Crippen LogP contribution is -2.29. The van der Waals surface area contributed by atoms with Crippen molar-refractivity contribution >= 4 is 22.7 Å². The average molecular weight is 214 g/mol. The van der Waals surface area contributed by atoms with Gasteiger partial charge in [-0.1, -0.05) is 6.07 Å². The molecule has 1 aliphatic rings. The van der Waals surface area contributed by atoms with Crippen molar-refractivity contribution in [2.45, 2.75) is 6.42 Å². The molecule has 0 bridgehead atoms. The van der Waals surface area contributed by atoms with Crippen molar-refractivity contribution in [3.05, 3.63) is 35.5 Å². The van der Waals surface area contributed by atoms with E-state index in [-0.39, 0.29) is 18.2 Å². The molecule has 0 unspecified atom stereocenters. The van der Waals surface area contributed by atoms with Gasteiger partial charge in [0, 0.05) is 29.7 Å². The number of imide groups is 1. The topological polar surface area (TPSA) is 51.1 Å².